The standard InChI is InChI=1S/C24H28N2/c1-18-7-6-10-23(15-18)21-11-13-22(14-12-21)24-16-19(2)25-26(24)17-20-8-4-3-5-9-20/h6-7,10-16,20H,3-5,8-9,17H2,1-2H3. The third-order valence-corrected chi connectivity index (χ3v) is 5.59. The van der Waals surface area contributed by atoms with E-state index in [4.69, 9.17) is 5.10 Å². The summed E-state index contributed by atoms with van der Waals surface area (Å²) in [6.45, 7) is 5.30. The summed E-state index contributed by atoms with van der Waals surface area (Å²) in [4.78, 5) is 0. The Balaban J connectivity index is 1.59. The van der Waals surface area contributed by atoms with Gasteiger partial charge in [-0.05, 0) is 55.4 Å². The van der Waals surface area contributed by atoms with Crippen LogP contribution in [-0.2, 0) is 6.54 Å². The average molecular weight is 345 g/mol. The average Bonchev–Trinajstić information content (AvgIpc) is 3.03. The minimum absolute atomic E-state index is 0.786. The van der Waals surface area contributed by atoms with Crippen LogP contribution in [0.2, 0.25) is 0 Å². The molecular weight excluding hydrogens is 316 g/mol. The Hall–Kier alpha value is -2.35. The van der Waals surface area contributed by atoms with Gasteiger partial charge in [-0.15, -0.1) is 0 Å². The van der Waals surface area contributed by atoms with E-state index < -0.39 is 0 Å². The van der Waals surface area contributed by atoms with Gasteiger partial charge in [-0.2, -0.15) is 5.10 Å². The van der Waals surface area contributed by atoms with Crippen molar-refractivity contribution in [2.75, 3.05) is 0 Å². The molecule has 3 aromatic rings. The Kier molecular flexibility index (Phi) is 4.92. The molecule has 2 nitrogen and oxygen atoms in total. The number of hydrogen-bond donors (Lipinski definition) is 0. The van der Waals surface area contributed by atoms with E-state index in [1.165, 1.54) is 60.1 Å². The van der Waals surface area contributed by atoms with Crippen molar-refractivity contribution < 1.29 is 0 Å². The van der Waals surface area contributed by atoms with Gasteiger partial charge >= 0.3 is 0 Å². The first-order valence-electron chi connectivity index (χ1n) is 9.91. The molecule has 0 amide bonds. The van der Waals surface area contributed by atoms with Crippen LogP contribution in [0.15, 0.2) is 54.6 Å². The number of benzene rings is 2. The summed E-state index contributed by atoms with van der Waals surface area (Å²) in [7, 11) is 0. The number of aromatic nitrogens is 2. The van der Waals surface area contributed by atoms with Crippen molar-refractivity contribution in [3.8, 4) is 22.4 Å². The van der Waals surface area contributed by atoms with Crippen molar-refractivity contribution >= 4 is 0 Å². The predicted octanol–water partition coefficient (Wildman–Crippen LogP) is 6.41. The second kappa shape index (κ2) is 7.49. The van der Waals surface area contributed by atoms with Crippen molar-refractivity contribution in [2.24, 2.45) is 5.92 Å². The maximum atomic E-state index is 4.79. The van der Waals surface area contributed by atoms with Crippen molar-refractivity contribution in [3.63, 3.8) is 0 Å². The van der Waals surface area contributed by atoms with E-state index in [-0.39, 0.29) is 0 Å². The van der Waals surface area contributed by atoms with Gasteiger partial charge in [-0.1, -0.05) is 73.4 Å². The van der Waals surface area contributed by atoms with Crippen LogP contribution in [0.5, 0.6) is 0 Å². The fourth-order valence-electron chi connectivity index (χ4n) is 4.19. The smallest absolute Gasteiger partial charge is 0.0685 e. The molecule has 0 unspecified atom stereocenters. The van der Waals surface area contributed by atoms with Crippen molar-refractivity contribution in [1.82, 2.24) is 9.78 Å². The molecule has 1 fully saturated rings. The van der Waals surface area contributed by atoms with Crippen LogP contribution in [0, 0.1) is 19.8 Å². The second-order valence-corrected chi connectivity index (χ2v) is 7.80. The van der Waals surface area contributed by atoms with E-state index in [9.17, 15) is 0 Å². The number of nitrogens with zero attached hydrogens (tertiary/aromatic N) is 2. The summed E-state index contributed by atoms with van der Waals surface area (Å²) in [5.41, 5.74) is 7.48. The normalized spacial score (nSPS) is 15.3. The Morgan fingerprint density at radius 2 is 1.58 bits per heavy atom. The maximum absolute atomic E-state index is 4.79. The van der Waals surface area contributed by atoms with Gasteiger partial charge in [-0.25, -0.2) is 0 Å². The SMILES string of the molecule is Cc1cccc(-c2ccc(-c3cc(C)nn3CC3CCCCC3)cc2)c1. The summed E-state index contributed by atoms with van der Waals surface area (Å²) in [5, 5.41) is 4.79. The molecule has 26 heavy (non-hydrogen) atoms. The topological polar surface area (TPSA) is 17.8 Å². The van der Waals surface area contributed by atoms with E-state index in [1.54, 1.807) is 0 Å². The van der Waals surface area contributed by atoms with Gasteiger partial charge in [-0.3, -0.25) is 4.68 Å². The van der Waals surface area contributed by atoms with Gasteiger partial charge in [0.2, 0.25) is 0 Å². The molecule has 0 atom stereocenters. The molecule has 1 aliphatic carbocycles. The Morgan fingerprint density at radius 1 is 0.846 bits per heavy atom. The molecule has 1 aromatic heterocycles. The Bertz CT molecular complexity index is 867. The zero-order valence-electron chi connectivity index (χ0n) is 15.9. The highest BCUT2D eigenvalue weighted by atomic mass is 15.3. The molecule has 0 spiro atoms. The zero-order chi connectivity index (χ0) is 17.9. The summed E-state index contributed by atoms with van der Waals surface area (Å²) < 4.78 is 2.24. The second-order valence-electron chi connectivity index (χ2n) is 7.80. The molecule has 1 heterocycles. The van der Waals surface area contributed by atoms with Crippen LogP contribution < -0.4 is 0 Å². The Morgan fingerprint density at radius 3 is 2.31 bits per heavy atom. The lowest BCUT2D eigenvalue weighted by atomic mass is 9.89. The summed E-state index contributed by atoms with van der Waals surface area (Å²) in [6, 6.07) is 19.9. The van der Waals surface area contributed by atoms with Gasteiger partial charge in [0.25, 0.3) is 0 Å². The van der Waals surface area contributed by atoms with Gasteiger partial charge in [0.05, 0.1) is 11.4 Å². The van der Waals surface area contributed by atoms with Gasteiger partial charge < -0.3 is 0 Å². The van der Waals surface area contributed by atoms with Crippen LogP contribution >= 0.6 is 0 Å². The fraction of sp³-hybridized carbons (Fsp3) is 0.375. The lowest BCUT2D eigenvalue weighted by Gasteiger charge is -2.22. The molecular formula is C24H28N2. The minimum atomic E-state index is 0.786. The highest BCUT2D eigenvalue weighted by Gasteiger charge is 2.17. The summed E-state index contributed by atoms with van der Waals surface area (Å²) in [6.07, 6.45) is 6.87. The molecule has 134 valence electrons. The molecule has 2 aromatic carbocycles. The predicted molar refractivity (Wildman–Crippen MR) is 109 cm³/mol. The molecule has 0 saturated heterocycles. The largest absolute Gasteiger partial charge is 0.264 e. The van der Waals surface area contributed by atoms with Crippen LogP contribution in [0.1, 0.15) is 43.4 Å². The monoisotopic (exact) mass is 344 g/mol. The third kappa shape index (κ3) is 3.75. The number of aryl methyl sites for hydroxylation is 2. The molecule has 1 saturated carbocycles. The molecule has 4 rings (SSSR count). The van der Waals surface area contributed by atoms with Crippen molar-refractivity contribution in [3.05, 3.63) is 65.9 Å². The van der Waals surface area contributed by atoms with Gasteiger partial charge in [0, 0.05) is 6.54 Å². The Labute approximate surface area is 156 Å². The first-order chi connectivity index (χ1) is 12.7. The zero-order valence-corrected chi connectivity index (χ0v) is 15.9. The molecule has 0 radical (unpaired) electrons. The summed E-state index contributed by atoms with van der Waals surface area (Å²) in [5.74, 6) is 0.786. The van der Waals surface area contributed by atoms with Crippen LogP contribution in [-0.4, -0.2) is 9.78 Å². The lowest BCUT2D eigenvalue weighted by Crippen LogP contribution is -2.15. The molecule has 0 N–H and O–H groups in total. The van der Waals surface area contributed by atoms with Gasteiger partial charge in [0.1, 0.15) is 0 Å². The van der Waals surface area contributed by atoms with Crippen molar-refractivity contribution in [2.45, 2.75) is 52.5 Å². The highest BCUT2D eigenvalue weighted by molar-refractivity contribution is 5.69. The maximum Gasteiger partial charge on any atom is 0.0685 e. The lowest BCUT2D eigenvalue weighted by molar-refractivity contribution is 0.309. The quantitative estimate of drug-likeness (QED) is 0.534. The first-order valence-corrected chi connectivity index (χ1v) is 9.91. The summed E-state index contributed by atoms with van der Waals surface area (Å²) >= 11 is 0. The van der Waals surface area contributed by atoms with Crippen LogP contribution in [0.25, 0.3) is 22.4 Å². The minimum Gasteiger partial charge on any atom is -0.264 e. The van der Waals surface area contributed by atoms with E-state index in [0.29, 0.717) is 0 Å². The van der Waals surface area contributed by atoms with Crippen molar-refractivity contribution in [1.29, 1.82) is 0 Å². The molecule has 2 heteroatoms. The number of hydrogen-bond acceptors (Lipinski definition) is 1. The van der Waals surface area contributed by atoms with Gasteiger partial charge in [0.15, 0.2) is 0 Å². The third-order valence-electron chi connectivity index (χ3n) is 5.59. The van der Waals surface area contributed by atoms with E-state index in [0.717, 1.165) is 18.2 Å². The molecule has 1 aliphatic rings. The highest BCUT2D eigenvalue weighted by Crippen LogP contribution is 2.29. The molecule has 0 bridgehead atoms. The number of rotatable bonds is 4. The fourth-order valence-corrected chi connectivity index (χ4v) is 4.19. The molecule has 0 aliphatic heterocycles. The van der Waals surface area contributed by atoms with E-state index in [1.807, 2.05) is 0 Å². The van der Waals surface area contributed by atoms with E-state index >= 15 is 0 Å². The van der Waals surface area contributed by atoms with Crippen LogP contribution in [0.4, 0.5) is 0 Å². The van der Waals surface area contributed by atoms with Crippen LogP contribution in [0.3, 0.4) is 0 Å². The first kappa shape index (κ1) is 17.1. The van der Waals surface area contributed by atoms with E-state index in [2.05, 4.69) is 73.1 Å².